The third kappa shape index (κ3) is 2.17. The number of carbonyl (C=O) groups excluding carboxylic acids is 2. The molecule has 21 heavy (non-hydrogen) atoms. The highest BCUT2D eigenvalue weighted by molar-refractivity contribution is 6.28. The molecule has 0 amide bonds. The normalized spacial score (nSPS) is 25.5. The molecule has 0 aliphatic heterocycles. The van der Waals surface area contributed by atoms with Gasteiger partial charge in [0.15, 0.2) is 11.6 Å². The van der Waals surface area contributed by atoms with Gasteiger partial charge in [-0.15, -0.1) is 0 Å². The van der Waals surface area contributed by atoms with Crippen LogP contribution in [0.1, 0.15) is 54.4 Å². The molecule has 2 aliphatic rings. The minimum absolute atomic E-state index is 0.0629. The number of aryl methyl sites for hydroxylation is 3. The number of benzene rings is 1. The van der Waals surface area contributed by atoms with E-state index in [2.05, 4.69) is 19.9 Å². The molecule has 0 N–H and O–H groups in total. The van der Waals surface area contributed by atoms with Crippen LogP contribution in [0.2, 0.25) is 0 Å². The molecular formula is C19H22O2. The SMILES string of the molecule is Cc1cc(C)c(C2C(=O)C3=C(CC(C)CC3)C2=O)cc1C. The van der Waals surface area contributed by atoms with Crippen LogP contribution < -0.4 is 0 Å². The van der Waals surface area contributed by atoms with Gasteiger partial charge in [-0.2, -0.15) is 0 Å². The summed E-state index contributed by atoms with van der Waals surface area (Å²) in [6.45, 7) is 8.27. The van der Waals surface area contributed by atoms with Crippen molar-refractivity contribution >= 4 is 11.6 Å². The second kappa shape index (κ2) is 4.94. The summed E-state index contributed by atoms with van der Waals surface area (Å²) >= 11 is 0. The van der Waals surface area contributed by atoms with Gasteiger partial charge in [0.1, 0.15) is 5.92 Å². The van der Waals surface area contributed by atoms with E-state index in [1.165, 1.54) is 5.56 Å². The molecule has 0 fully saturated rings. The molecule has 2 atom stereocenters. The van der Waals surface area contributed by atoms with Crippen molar-refractivity contribution in [1.82, 2.24) is 0 Å². The first kappa shape index (κ1) is 14.2. The smallest absolute Gasteiger partial charge is 0.174 e. The van der Waals surface area contributed by atoms with Gasteiger partial charge in [-0.05, 0) is 68.2 Å². The highest BCUT2D eigenvalue weighted by atomic mass is 16.2. The molecule has 3 rings (SSSR count). The second-order valence-corrected chi connectivity index (χ2v) is 6.76. The first-order chi connectivity index (χ1) is 9.90. The Morgan fingerprint density at radius 2 is 1.52 bits per heavy atom. The summed E-state index contributed by atoms with van der Waals surface area (Å²) in [6, 6.07) is 4.12. The molecule has 0 heterocycles. The first-order valence-electron chi connectivity index (χ1n) is 7.78. The van der Waals surface area contributed by atoms with Gasteiger partial charge >= 0.3 is 0 Å². The van der Waals surface area contributed by atoms with Crippen molar-refractivity contribution in [3.8, 4) is 0 Å². The number of rotatable bonds is 1. The van der Waals surface area contributed by atoms with E-state index >= 15 is 0 Å². The summed E-state index contributed by atoms with van der Waals surface area (Å²) in [7, 11) is 0. The van der Waals surface area contributed by atoms with Crippen molar-refractivity contribution in [2.45, 2.75) is 52.9 Å². The maximum atomic E-state index is 12.8. The molecule has 2 nitrogen and oxygen atoms in total. The highest BCUT2D eigenvalue weighted by Gasteiger charge is 2.43. The van der Waals surface area contributed by atoms with Gasteiger partial charge in [0, 0.05) is 11.1 Å². The molecule has 2 unspecified atom stereocenters. The minimum Gasteiger partial charge on any atom is -0.293 e. The van der Waals surface area contributed by atoms with Gasteiger partial charge < -0.3 is 0 Å². The maximum absolute atomic E-state index is 12.8. The number of carbonyl (C=O) groups is 2. The van der Waals surface area contributed by atoms with Crippen LogP contribution in [0.5, 0.6) is 0 Å². The number of allylic oxidation sites excluding steroid dienone is 2. The molecule has 0 bridgehead atoms. The van der Waals surface area contributed by atoms with Crippen molar-refractivity contribution in [2.75, 3.05) is 0 Å². The standard InChI is InChI=1S/C19H22O2/c1-10-5-6-14-16(7-10)19(21)17(18(14)20)15-9-12(3)11(2)8-13(15)4/h8-10,17H,5-7H2,1-4H3. The summed E-state index contributed by atoms with van der Waals surface area (Å²) in [5.41, 5.74) is 5.96. The van der Waals surface area contributed by atoms with Gasteiger partial charge in [0.25, 0.3) is 0 Å². The number of ketones is 2. The monoisotopic (exact) mass is 282 g/mol. The van der Waals surface area contributed by atoms with Crippen molar-refractivity contribution < 1.29 is 9.59 Å². The zero-order chi connectivity index (χ0) is 15.3. The zero-order valence-electron chi connectivity index (χ0n) is 13.2. The molecular weight excluding hydrogens is 260 g/mol. The Hall–Kier alpha value is -1.70. The number of Topliss-reactive ketones (excluding diaryl/α,β-unsaturated/α-hetero) is 2. The molecule has 0 saturated carbocycles. The first-order valence-corrected chi connectivity index (χ1v) is 7.78. The number of hydrogen-bond donors (Lipinski definition) is 0. The lowest BCUT2D eigenvalue weighted by molar-refractivity contribution is -0.123. The quantitative estimate of drug-likeness (QED) is 0.730. The molecule has 0 saturated heterocycles. The van der Waals surface area contributed by atoms with Crippen molar-refractivity contribution in [2.24, 2.45) is 5.92 Å². The van der Waals surface area contributed by atoms with Gasteiger partial charge in [-0.25, -0.2) is 0 Å². The molecule has 0 radical (unpaired) electrons. The van der Waals surface area contributed by atoms with Gasteiger partial charge in [-0.3, -0.25) is 9.59 Å². The van der Waals surface area contributed by atoms with Crippen LogP contribution in [0.15, 0.2) is 23.3 Å². The molecule has 1 aromatic rings. The molecule has 2 heteroatoms. The Kier molecular flexibility index (Phi) is 3.35. The zero-order valence-corrected chi connectivity index (χ0v) is 13.2. The van der Waals surface area contributed by atoms with Gasteiger partial charge in [-0.1, -0.05) is 19.1 Å². The summed E-state index contributed by atoms with van der Waals surface area (Å²) < 4.78 is 0. The fourth-order valence-corrected chi connectivity index (χ4v) is 3.68. The van der Waals surface area contributed by atoms with Crippen LogP contribution in [-0.4, -0.2) is 11.6 Å². The van der Waals surface area contributed by atoms with Gasteiger partial charge in [0.2, 0.25) is 0 Å². The molecule has 110 valence electrons. The minimum atomic E-state index is -0.570. The highest BCUT2D eigenvalue weighted by Crippen LogP contribution is 2.42. The van der Waals surface area contributed by atoms with Gasteiger partial charge in [0.05, 0.1) is 0 Å². The van der Waals surface area contributed by atoms with E-state index in [1.54, 1.807) is 0 Å². The summed E-state index contributed by atoms with van der Waals surface area (Å²) in [4.78, 5) is 25.5. The Morgan fingerprint density at radius 3 is 2.24 bits per heavy atom. The summed E-state index contributed by atoms with van der Waals surface area (Å²) in [5.74, 6) is 0.0702. The summed E-state index contributed by atoms with van der Waals surface area (Å²) in [6.07, 6.45) is 2.58. The Labute approximate surface area is 126 Å². The van der Waals surface area contributed by atoms with Crippen LogP contribution in [0.3, 0.4) is 0 Å². The second-order valence-electron chi connectivity index (χ2n) is 6.76. The molecule has 1 aromatic carbocycles. The lowest BCUT2D eigenvalue weighted by Crippen LogP contribution is -2.17. The van der Waals surface area contributed by atoms with E-state index in [-0.39, 0.29) is 11.6 Å². The van der Waals surface area contributed by atoms with Crippen molar-refractivity contribution in [1.29, 1.82) is 0 Å². The molecule has 0 aromatic heterocycles. The van der Waals surface area contributed by atoms with Crippen LogP contribution in [-0.2, 0) is 9.59 Å². The van der Waals surface area contributed by atoms with E-state index in [1.807, 2.05) is 19.9 Å². The van der Waals surface area contributed by atoms with E-state index in [0.717, 1.165) is 47.1 Å². The molecule has 0 spiro atoms. The topological polar surface area (TPSA) is 34.1 Å². The van der Waals surface area contributed by atoms with E-state index in [4.69, 9.17) is 0 Å². The largest absolute Gasteiger partial charge is 0.293 e. The Balaban J connectivity index is 2.05. The van der Waals surface area contributed by atoms with E-state index in [9.17, 15) is 9.59 Å². The lowest BCUT2D eigenvalue weighted by Gasteiger charge is -2.18. The molecule has 2 aliphatic carbocycles. The third-order valence-electron chi connectivity index (χ3n) is 5.12. The van der Waals surface area contributed by atoms with Crippen LogP contribution >= 0.6 is 0 Å². The lowest BCUT2D eigenvalue weighted by atomic mass is 9.86. The van der Waals surface area contributed by atoms with Crippen LogP contribution in [0, 0.1) is 26.7 Å². The average Bonchev–Trinajstić information content (AvgIpc) is 2.66. The van der Waals surface area contributed by atoms with Crippen molar-refractivity contribution in [3.63, 3.8) is 0 Å². The van der Waals surface area contributed by atoms with E-state index in [0.29, 0.717) is 5.92 Å². The van der Waals surface area contributed by atoms with Crippen molar-refractivity contribution in [3.05, 3.63) is 45.5 Å². The Bertz CT molecular complexity index is 679. The Morgan fingerprint density at radius 1 is 0.905 bits per heavy atom. The van der Waals surface area contributed by atoms with Crippen LogP contribution in [0.25, 0.3) is 0 Å². The predicted molar refractivity (Wildman–Crippen MR) is 83.4 cm³/mol. The number of hydrogen-bond acceptors (Lipinski definition) is 2. The summed E-state index contributed by atoms with van der Waals surface area (Å²) in [5, 5.41) is 0. The average molecular weight is 282 g/mol. The predicted octanol–water partition coefficient (Wildman–Crippen LogP) is 3.96. The third-order valence-corrected chi connectivity index (χ3v) is 5.12. The fraction of sp³-hybridized carbons (Fsp3) is 0.474. The fourth-order valence-electron chi connectivity index (χ4n) is 3.68. The van der Waals surface area contributed by atoms with Crippen LogP contribution in [0.4, 0.5) is 0 Å². The maximum Gasteiger partial charge on any atom is 0.174 e. The van der Waals surface area contributed by atoms with E-state index < -0.39 is 5.92 Å².